The lowest BCUT2D eigenvalue weighted by atomic mass is 10.1. The quantitative estimate of drug-likeness (QED) is 0.345. The Kier molecular flexibility index (Phi) is 5.98. The molecule has 0 aliphatic rings. The molecule has 0 aliphatic carbocycles. The molecule has 35 heavy (non-hydrogen) atoms. The maximum atomic E-state index is 13.6. The molecular weight excluding hydrogens is 475 g/mol. The zero-order valence-electron chi connectivity index (χ0n) is 18.2. The Balaban J connectivity index is 1.64. The van der Waals surface area contributed by atoms with E-state index in [1.54, 1.807) is 43.7 Å². The standard InChI is InChI=1S/C23H16ClFN8O2/c1-2-35-22(34)14-8-13(10-26-11-14)16-12-28-23(29-15-5-6-18(25)17(24)9-15)30-21(16)33-19-4-3-7-27-20(19)31-32-33/h3-12H,2H2,1H3,(H,28,29,30). The molecule has 0 amide bonds. The number of ether oxygens (including phenoxy) is 1. The third kappa shape index (κ3) is 4.49. The van der Waals surface area contributed by atoms with E-state index >= 15 is 0 Å². The molecule has 5 rings (SSSR count). The van der Waals surface area contributed by atoms with Gasteiger partial charge in [-0.2, -0.15) is 9.67 Å². The van der Waals surface area contributed by atoms with Crippen molar-refractivity contribution in [3.8, 4) is 16.9 Å². The number of anilines is 2. The van der Waals surface area contributed by atoms with Crippen LogP contribution in [0.2, 0.25) is 5.02 Å². The van der Waals surface area contributed by atoms with Gasteiger partial charge in [0.2, 0.25) is 11.6 Å². The van der Waals surface area contributed by atoms with Crippen LogP contribution in [0.15, 0.2) is 61.2 Å². The molecule has 0 atom stereocenters. The van der Waals surface area contributed by atoms with Crippen LogP contribution in [0.1, 0.15) is 17.3 Å². The van der Waals surface area contributed by atoms with E-state index < -0.39 is 11.8 Å². The number of esters is 1. The van der Waals surface area contributed by atoms with Crippen LogP contribution in [-0.2, 0) is 4.74 Å². The number of nitrogens with zero attached hydrogens (tertiary/aromatic N) is 7. The number of carbonyl (C=O) groups excluding carboxylic acids is 1. The molecule has 1 aromatic carbocycles. The van der Waals surface area contributed by atoms with E-state index in [0.29, 0.717) is 33.8 Å². The fourth-order valence-electron chi connectivity index (χ4n) is 3.34. The molecule has 10 nitrogen and oxygen atoms in total. The SMILES string of the molecule is CCOC(=O)c1cncc(-c2cnc(Nc3ccc(F)c(Cl)c3)nc2-n2nnc3ncccc32)c1. The van der Waals surface area contributed by atoms with Gasteiger partial charge in [0.25, 0.3) is 0 Å². The highest BCUT2D eigenvalue weighted by atomic mass is 35.5. The third-order valence-electron chi connectivity index (χ3n) is 4.93. The van der Waals surface area contributed by atoms with E-state index in [1.165, 1.54) is 29.1 Å². The maximum Gasteiger partial charge on any atom is 0.339 e. The summed E-state index contributed by atoms with van der Waals surface area (Å²) in [6.45, 7) is 1.97. The minimum Gasteiger partial charge on any atom is -0.462 e. The minimum atomic E-state index is -0.537. The lowest BCUT2D eigenvalue weighted by molar-refractivity contribution is 0.0526. The molecule has 0 saturated carbocycles. The Hall–Kier alpha value is -4.51. The number of hydrogen-bond acceptors (Lipinski definition) is 9. The summed E-state index contributed by atoms with van der Waals surface area (Å²) in [6, 6.07) is 9.37. The fourth-order valence-corrected chi connectivity index (χ4v) is 3.52. The molecule has 4 aromatic heterocycles. The smallest absolute Gasteiger partial charge is 0.339 e. The first-order chi connectivity index (χ1) is 17.0. The van der Waals surface area contributed by atoms with Crippen molar-refractivity contribution in [2.75, 3.05) is 11.9 Å². The van der Waals surface area contributed by atoms with E-state index in [2.05, 4.69) is 35.6 Å². The zero-order valence-corrected chi connectivity index (χ0v) is 18.9. The molecule has 0 fully saturated rings. The number of benzene rings is 1. The van der Waals surface area contributed by atoms with Crippen LogP contribution in [0.3, 0.4) is 0 Å². The lowest BCUT2D eigenvalue weighted by Crippen LogP contribution is -2.08. The van der Waals surface area contributed by atoms with Crippen molar-refractivity contribution < 1.29 is 13.9 Å². The van der Waals surface area contributed by atoms with Gasteiger partial charge in [-0.3, -0.25) is 4.98 Å². The first-order valence-corrected chi connectivity index (χ1v) is 10.8. The lowest BCUT2D eigenvalue weighted by Gasteiger charge is -2.12. The first-order valence-electron chi connectivity index (χ1n) is 10.4. The summed E-state index contributed by atoms with van der Waals surface area (Å²) in [5, 5.41) is 11.3. The topological polar surface area (TPSA) is 121 Å². The number of carbonyl (C=O) groups is 1. The zero-order chi connectivity index (χ0) is 24.4. The second-order valence-electron chi connectivity index (χ2n) is 7.21. The van der Waals surface area contributed by atoms with Crippen molar-refractivity contribution in [1.82, 2.24) is 34.9 Å². The average Bonchev–Trinajstić information content (AvgIpc) is 3.31. The first kappa shape index (κ1) is 22.3. The second kappa shape index (κ2) is 9.39. The molecule has 0 radical (unpaired) electrons. The summed E-state index contributed by atoms with van der Waals surface area (Å²) < 4.78 is 20.2. The molecule has 4 heterocycles. The van der Waals surface area contributed by atoms with Crippen LogP contribution >= 0.6 is 11.6 Å². The van der Waals surface area contributed by atoms with Crippen molar-refractivity contribution in [2.45, 2.75) is 6.92 Å². The van der Waals surface area contributed by atoms with Gasteiger partial charge in [0.15, 0.2) is 5.82 Å². The van der Waals surface area contributed by atoms with Gasteiger partial charge >= 0.3 is 5.97 Å². The Bertz CT molecular complexity index is 1560. The van der Waals surface area contributed by atoms with Crippen molar-refractivity contribution in [1.29, 1.82) is 0 Å². The Morgan fingerprint density at radius 3 is 2.89 bits per heavy atom. The maximum absolute atomic E-state index is 13.6. The number of fused-ring (bicyclic) bond motifs is 1. The number of halogens is 2. The number of aromatic nitrogens is 7. The largest absolute Gasteiger partial charge is 0.462 e. The van der Waals surface area contributed by atoms with Gasteiger partial charge in [0.1, 0.15) is 11.3 Å². The van der Waals surface area contributed by atoms with E-state index in [9.17, 15) is 9.18 Å². The summed E-state index contributed by atoms with van der Waals surface area (Å²) >= 11 is 5.90. The summed E-state index contributed by atoms with van der Waals surface area (Å²) in [5.41, 5.74) is 2.90. The molecule has 5 aromatic rings. The van der Waals surface area contributed by atoms with Crippen LogP contribution in [0.5, 0.6) is 0 Å². The molecule has 12 heteroatoms. The number of pyridine rings is 2. The molecule has 0 aliphatic heterocycles. The number of hydrogen-bond donors (Lipinski definition) is 1. The molecule has 0 unspecified atom stereocenters. The highest BCUT2D eigenvalue weighted by Gasteiger charge is 2.18. The molecule has 1 N–H and O–H groups in total. The van der Waals surface area contributed by atoms with Gasteiger partial charge in [-0.25, -0.2) is 19.2 Å². The Morgan fingerprint density at radius 1 is 1.17 bits per heavy atom. The predicted octanol–water partition coefficient (Wildman–Crippen LogP) is 4.38. The highest BCUT2D eigenvalue weighted by molar-refractivity contribution is 6.31. The highest BCUT2D eigenvalue weighted by Crippen LogP contribution is 2.29. The summed E-state index contributed by atoms with van der Waals surface area (Å²) in [7, 11) is 0. The van der Waals surface area contributed by atoms with Crippen LogP contribution in [0, 0.1) is 5.82 Å². The van der Waals surface area contributed by atoms with Crippen molar-refractivity contribution in [3.63, 3.8) is 0 Å². The van der Waals surface area contributed by atoms with Gasteiger partial charge in [0.05, 0.1) is 17.2 Å². The van der Waals surface area contributed by atoms with Crippen molar-refractivity contribution in [2.24, 2.45) is 0 Å². The summed E-state index contributed by atoms with van der Waals surface area (Å²) in [4.78, 5) is 29.7. The molecular formula is C23H16ClFN8O2. The van der Waals surface area contributed by atoms with Crippen LogP contribution in [-0.4, -0.2) is 47.5 Å². The molecule has 174 valence electrons. The number of rotatable bonds is 6. The summed E-state index contributed by atoms with van der Waals surface area (Å²) in [6.07, 6.45) is 6.17. The van der Waals surface area contributed by atoms with Gasteiger partial charge in [-0.05, 0) is 43.3 Å². The van der Waals surface area contributed by atoms with Crippen molar-refractivity contribution in [3.05, 3.63) is 77.6 Å². The van der Waals surface area contributed by atoms with Crippen molar-refractivity contribution >= 4 is 40.4 Å². The molecule has 0 bridgehead atoms. The van der Waals surface area contributed by atoms with E-state index in [1.807, 2.05) is 0 Å². The van der Waals surface area contributed by atoms with Crippen LogP contribution < -0.4 is 5.32 Å². The van der Waals surface area contributed by atoms with E-state index in [4.69, 9.17) is 16.3 Å². The predicted molar refractivity (Wildman–Crippen MR) is 126 cm³/mol. The molecule has 0 saturated heterocycles. The normalized spacial score (nSPS) is 10.9. The van der Waals surface area contributed by atoms with Crippen LogP contribution in [0.4, 0.5) is 16.0 Å². The number of nitrogens with one attached hydrogen (secondary N) is 1. The van der Waals surface area contributed by atoms with Gasteiger partial charge in [-0.1, -0.05) is 16.8 Å². The molecule has 0 spiro atoms. The monoisotopic (exact) mass is 490 g/mol. The van der Waals surface area contributed by atoms with Gasteiger partial charge < -0.3 is 10.1 Å². The van der Waals surface area contributed by atoms with Crippen LogP contribution in [0.25, 0.3) is 28.1 Å². The van der Waals surface area contributed by atoms with Gasteiger partial charge in [-0.15, -0.1) is 5.10 Å². The van der Waals surface area contributed by atoms with E-state index in [-0.39, 0.29) is 23.1 Å². The third-order valence-corrected chi connectivity index (χ3v) is 5.22. The average molecular weight is 491 g/mol. The van der Waals surface area contributed by atoms with Gasteiger partial charge in [0, 0.05) is 41.6 Å². The summed E-state index contributed by atoms with van der Waals surface area (Å²) in [5.74, 6) is -0.474. The Morgan fingerprint density at radius 2 is 2.06 bits per heavy atom. The van der Waals surface area contributed by atoms with E-state index in [0.717, 1.165) is 0 Å². The second-order valence-corrected chi connectivity index (χ2v) is 7.62. The minimum absolute atomic E-state index is 0.0398. The fraction of sp³-hybridized carbons (Fsp3) is 0.0870. The Labute approximate surface area is 202 Å².